The Labute approximate surface area is 158 Å². The molecule has 7 nitrogen and oxygen atoms in total. The van der Waals surface area contributed by atoms with Crippen LogP contribution in [0.5, 0.6) is 0 Å². The summed E-state index contributed by atoms with van der Waals surface area (Å²) in [5.74, 6) is 0.347. The van der Waals surface area contributed by atoms with Gasteiger partial charge in [-0.2, -0.15) is 0 Å². The van der Waals surface area contributed by atoms with Crippen LogP contribution >= 0.6 is 0 Å². The number of likely N-dealkylation sites (tertiary alicyclic amines) is 1. The first kappa shape index (κ1) is 21.1. The molecule has 0 radical (unpaired) electrons. The van der Waals surface area contributed by atoms with Crippen molar-refractivity contribution in [3.05, 3.63) is 0 Å². The summed E-state index contributed by atoms with van der Waals surface area (Å²) < 4.78 is 5.00. The van der Waals surface area contributed by atoms with Gasteiger partial charge >= 0.3 is 0 Å². The highest BCUT2D eigenvalue weighted by molar-refractivity contribution is 5.81. The first-order valence-corrected chi connectivity index (χ1v) is 10.1. The summed E-state index contributed by atoms with van der Waals surface area (Å²) in [5.41, 5.74) is 0. The molecule has 2 aliphatic rings. The second-order valence-corrected chi connectivity index (χ2v) is 7.42. The van der Waals surface area contributed by atoms with Gasteiger partial charge in [-0.25, -0.2) is 0 Å². The van der Waals surface area contributed by atoms with Crippen molar-refractivity contribution in [3.63, 3.8) is 0 Å². The first-order chi connectivity index (χ1) is 12.6. The molecule has 2 rings (SSSR count). The number of amides is 2. The smallest absolute Gasteiger partial charge is 0.237 e. The number of nitrogens with zero attached hydrogens (tertiary/aromatic N) is 3. The summed E-state index contributed by atoms with van der Waals surface area (Å²) in [6, 6.07) is -0.124. The average molecular weight is 369 g/mol. The van der Waals surface area contributed by atoms with Crippen LogP contribution < -0.4 is 5.32 Å². The third kappa shape index (κ3) is 6.85. The van der Waals surface area contributed by atoms with Crippen molar-refractivity contribution in [1.29, 1.82) is 0 Å². The molecule has 0 aromatic rings. The Hall–Kier alpha value is -1.18. The van der Waals surface area contributed by atoms with Crippen molar-refractivity contribution < 1.29 is 14.3 Å². The molecular formula is C19H36N4O3. The highest BCUT2D eigenvalue weighted by Crippen LogP contribution is 2.11. The minimum absolute atomic E-state index is 0.0789. The molecule has 2 heterocycles. The number of piperazine rings is 1. The SMILES string of the molecule is COCCCNC(=O)C(C)N1CCN(CC(=O)N2CCCCCC2)CC1. The van der Waals surface area contributed by atoms with Gasteiger partial charge in [0.15, 0.2) is 0 Å². The maximum atomic E-state index is 12.5. The Morgan fingerprint density at radius 1 is 1.00 bits per heavy atom. The number of rotatable bonds is 8. The van der Waals surface area contributed by atoms with Crippen molar-refractivity contribution in [2.75, 3.05) is 66.1 Å². The van der Waals surface area contributed by atoms with Crippen LogP contribution in [-0.2, 0) is 14.3 Å². The van der Waals surface area contributed by atoms with E-state index in [9.17, 15) is 9.59 Å². The molecule has 0 bridgehead atoms. The molecule has 1 N–H and O–H groups in total. The monoisotopic (exact) mass is 368 g/mol. The van der Waals surface area contributed by atoms with Gasteiger partial charge < -0.3 is 15.0 Å². The van der Waals surface area contributed by atoms with E-state index < -0.39 is 0 Å². The minimum Gasteiger partial charge on any atom is -0.385 e. The molecule has 0 aromatic carbocycles. The minimum atomic E-state index is -0.124. The van der Waals surface area contributed by atoms with E-state index >= 15 is 0 Å². The number of ether oxygens (including phenoxy) is 1. The highest BCUT2D eigenvalue weighted by atomic mass is 16.5. The largest absolute Gasteiger partial charge is 0.385 e. The maximum Gasteiger partial charge on any atom is 0.237 e. The zero-order valence-electron chi connectivity index (χ0n) is 16.5. The van der Waals surface area contributed by atoms with E-state index in [2.05, 4.69) is 15.1 Å². The molecule has 1 unspecified atom stereocenters. The fourth-order valence-electron chi connectivity index (χ4n) is 3.66. The van der Waals surface area contributed by atoms with Crippen LogP contribution in [0.3, 0.4) is 0 Å². The molecule has 26 heavy (non-hydrogen) atoms. The van der Waals surface area contributed by atoms with Gasteiger partial charge in [0.25, 0.3) is 0 Å². The number of nitrogens with one attached hydrogen (secondary N) is 1. The number of hydrogen-bond donors (Lipinski definition) is 1. The van der Waals surface area contributed by atoms with Gasteiger partial charge in [0.05, 0.1) is 12.6 Å². The van der Waals surface area contributed by atoms with E-state index in [1.165, 1.54) is 12.8 Å². The van der Waals surface area contributed by atoms with Gasteiger partial charge in [0.2, 0.25) is 11.8 Å². The van der Waals surface area contributed by atoms with Gasteiger partial charge in [0, 0.05) is 59.5 Å². The summed E-state index contributed by atoms with van der Waals surface area (Å²) in [4.78, 5) is 31.2. The van der Waals surface area contributed by atoms with Crippen LogP contribution in [0.25, 0.3) is 0 Å². The fourth-order valence-corrected chi connectivity index (χ4v) is 3.66. The molecule has 1 atom stereocenters. The Morgan fingerprint density at radius 2 is 1.65 bits per heavy atom. The standard InChI is InChI=1S/C19H36N4O3/c1-17(19(25)20-8-7-15-26-2)22-13-11-21(12-14-22)16-18(24)23-9-5-3-4-6-10-23/h17H,3-16H2,1-2H3,(H,20,25). The highest BCUT2D eigenvalue weighted by Gasteiger charge is 2.27. The molecular weight excluding hydrogens is 332 g/mol. The van der Waals surface area contributed by atoms with Crippen LogP contribution in [-0.4, -0.2) is 98.6 Å². The summed E-state index contributed by atoms with van der Waals surface area (Å²) >= 11 is 0. The van der Waals surface area contributed by atoms with Gasteiger partial charge in [0.1, 0.15) is 0 Å². The molecule has 0 aromatic heterocycles. The molecule has 2 saturated heterocycles. The third-order valence-corrected chi connectivity index (χ3v) is 5.48. The lowest BCUT2D eigenvalue weighted by Gasteiger charge is -2.37. The Bertz CT molecular complexity index is 431. The van der Waals surface area contributed by atoms with Crippen molar-refractivity contribution in [2.24, 2.45) is 0 Å². The number of hydrogen-bond acceptors (Lipinski definition) is 5. The quantitative estimate of drug-likeness (QED) is 0.634. The second kappa shape index (κ2) is 11.5. The molecule has 0 spiro atoms. The zero-order chi connectivity index (χ0) is 18.8. The normalized spacial score (nSPS) is 21.2. The molecule has 150 valence electrons. The van der Waals surface area contributed by atoms with Gasteiger partial charge in [-0.15, -0.1) is 0 Å². The Morgan fingerprint density at radius 3 is 2.27 bits per heavy atom. The van der Waals surface area contributed by atoms with Crippen LogP contribution in [0.1, 0.15) is 39.0 Å². The van der Waals surface area contributed by atoms with Gasteiger partial charge in [-0.1, -0.05) is 12.8 Å². The van der Waals surface area contributed by atoms with Crippen LogP contribution in [0, 0.1) is 0 Å². The van der Waals surface area contributed by atoms with Crippen LogP contribution in [0.2, 0.25) is 0 Å². The molecule has 0 aliphatic carbocycles. The molecule has 2 fully saturated rings. The maximum absolute atomic E-state index is 12.5. The molecule has 2 aliphatic heterocycles. The molecule has 0 saturated carbocycles. The molecule has 2 amide bonds. The second-order valence-electron chi connectivity index (χ2n) is 7.42. The Kier molecular flexibility index (Phi) is 9.36. The molecule has 7 heteroatoms. The van der Waals surface area contributed by atoms with Crippen molar-refractivity contribution in [3.8, 4) is 0 Å². The van der Waals surface area contributed by atoms with E-state index in [1.807, 2.05) is 11.8 Å². The van der Waals surface area contributed by atoms with E-state index in [0.717, 1.165) is 58.5 Å². The fraction of sp³-hybridized carbons (Fsp3) is 0.895. The topological polar surface area (TPSA) is 65.1 Å². The van der Waals surface area contributed by atoms with E-state index in [1.54, 1.807) is 7.11 Å². The summed E-state index contributed by atoms with van der Waals surface area (Å²) in [5, 5.41) is 2.97. The number of carbonyl (C=O) groups excluding carboxylic acids is 2. The van der Waals surface area contributed by atoms with Crippen molar-refractivity contribution >= 4 is 11.8 Å². The van der Waals surface area contributed by atoms with E-state index in [4.69, 9.17) is 4.74 Å². The van der Waals surface area contributed by atoms with Crippen molar-refractivity contribution in [2.45, 2.75) is 45.1 Å². The van der Waals surface area contributed by atoms with Crippen LogP contribution in [0.4, 0.5) is 0 Å². The summed E-state index contributed by atoms with van der Waals surface area (Å²) in [6.45, 7) is 8.99. The number of carbonyl (C=O) groups is 2. The van der Waals surface area contributed by atoms with Gasteiger partial charge in [-0.05, 0) is 26.2 Å². The Balaban J connectivity index is 1.67. The average Bonchev–Trinajstić information content (AvgIpc) is 2.94. The van der Waals surface area contributed by atoms with Gasteiger partial charge in [-0.3, -0.25) is 19.4 Å². The van der Waals surface area contributed by atoms with Crippen LogP contribution in [0.15, 0.2) is 0 Å². The lowest BCUT2D eigenvalue weighted by Crippen LogP contribution is -2.55. The van der Waals surface area contributed by atoms with E-state index in [-0.39, 0.29) is 17.9 Å². The first-order valence-electron chi connectivity index (χ1n) is 10.1. The van der Waals surface area contributed by atoms with E-state index in [0.29, 0.717) is 19.7 Å². The van der Waals surface area contributed by atoms with Crippen molar-refractivity contribution in [1.82, 2.24) is 20.0 Å². The number of methoxy groups -OCH3 is 1. The zero-order valence-corrected chi connectivity index (χ0v) is 16.5. The summed E-state index contributed by atoms with van der Waals surface area (Å²) in [7, 11) is 1.67. The lowest BCUT2D eigenvalue weighted by atomic mass is 10.2. The predicted molar refractivity (Wildman–Crippen MR) is 102 cm³/mol. The third-order valence-electron chi connectivity index (χ3n) is 5.48. The predicted octanol–water partition coefficient (Wildman–Crippen LogP) is 0.548. The lowest BCUT2D eigenvalue weighted by molar-refractivity contribution is -0.133. The summed E-state index contributed by atoms with van der Waals surface area (Å²) in [6.07, 6.45) is 5.59.